The monoisotopic (exact) mass is 250 g/mol. The molecule has 1 aromatic carbocycles. The zero-order valence-electron chi connectivity index (χ0n) is 9.99. The Labute approximate surface area is 106 Å². The Kier molecular flexibility index (Phi) is 4.57. The summed E-state index contributed by atoms with van der Waals surface area (Å²) in [5, 5.41) is 8.61. The molecule has 1 saturated heterocycles. The summed E-state index contributed by atoms with van der Waals surface area (Å²) < 4.78 is 24.3. The Hall–Kier alpha value is -1.57. The fourth-order valence-electron chi connectivity index (χ4n) is 1.83. The van der Waals surface area contributed by atoms with E-state index in [0.717, 1.165) is 12.8 Å². The third-order valence-electron chi connectivity index (χ3n) is 2.65. The van der Waals surface area contributed by atoms with Crippen LogP contribution >= 0.6 is 0 Å². The van der Waals surface area contributed by atoms with E-state index in [1.165, 1.54) is 12.1 Å². The number of aliphatic hydroxyl groups is 1. The van der Waals surface area contributed by atoms with Crippen LogP contribution in [0, 0.1) is 17.7 Å². The minimum atomic E-state index is -0.387. The third-order valence-corrected chi connectivity index (χ3v) is 2.65. The van der Waals surface area contributed by atoms with E-state index in [1.54, 1.807) is 6.07 Å². The maximum absolute atomic E-state index is 13.4. The SMILES string of the molecule is OCC#Cc1cc(F)cc(OC2CCOCC2)c1. The number of hydrogen-bond donors (Lipinski definition) is 1. The van der Waals surface area contributed by atoms with Crippen LogP contribution in [0.25, 0.3) is 0 Å². The van der Waals surface area contributed by atoms with Crippen LogP contribution in [0.1, 0.15) is 18.4 Å². The number of hydrogen-bond acceptors (Lipinski definition) is 3. The standard InChI is InChI=1S/C14H15FO3/c15-12-8-11(2-1-5-16)9-14(10-12)18-13-3-6-17-7-4-13/h8-10,13,16H,3-7H2. The highest BCUT2D eigenvalue weighted by atomic mass is 19.1. The summed E-state index contributed by atoms with van der Waals surface area (Å²) in [6.45, 7) is 1.11. The molecule has 0 amide bonds. The summed E-state index contributed by atoms with van der Waals surface area (Å²) in [5.41, 5.74) is 0.506. The molecule has 0 aromatic heterocycles. The van der Waals surface area contributed by atoms with Gasteiger partial charge in [-0.15, -0.1) is 0 Å². The molecule has 0 unspecified atom stereocenters. The van der Waals surface area contributed by atoms with Crippen molar-refractivity contribution in [2.45, 2.75) is 18.9 Å². The lowest BCUT2D eigenvalue weighted by Gasteiger charge is -2.23. The van der Waals surface area contributed by atoms with Crippen molar-refractivity contribution in [2.24, 2.45) is 0 Å². The average Bonchev–Trinajstić information content (AvgIpc) is 2.37. The van der Waals surface area contributed by atoms with Crippen molar-refractivity contribution >= 4 is 0 Å². The van der Waals surface area contributed by atoms with Crippen LogP contribution in [0.5, 0.6) is 5.75 Å². The summed E-state index contributed by atoms with van der Waals surface area (Å²) in [4.78, 5) is 0. The second-order valence-electron chi connectivity index (χ2n) is 4.07. The van der Waals surface area contributed by atoms with Gasteiger partial charge in [-0.25, -0.2) is 4.39 Å². The molecule has 0 saturated carbocycles. The molecule has 18 heavy (non-hydrogen) atoms. The van der Waals surface area contributed by atoms with Gasteiger partial charge in [0.25, 0.3) is 0 Å². The van der Waals surface area contributed by atoms with Gasteiger partial charge in [0.05, 0.1) is 13.2 Å². The minimum Gasteiger partial charge on any atom is -0.490 e. The quantitative estimate of drug-likeness (QED) is 0.812. The van der Waals surface area contributed by atoms with E-state index >= 15 is 0 Å². The van der Waals surface area contributed by atoms with Gasteiger partial charge in [0.15, 0.2) is 0 Å². The average molecular weight is 250 g/mol. The van der Waals surface area contributed by atoms with Gasteiger partial charge >= 0.3 is 0 Å². The highest BCUT2D eigenvalue weighted by molar-refractivity contribution is 5.40. The fourth-order valence-corrected chi connectivity index (χ4v) is 1.83. The van der Waals surface area contributed by atoms with Gasteiger partial charge in [0, 0.05) is 24.5 Å². The Bertz CT molecular complexity index is 456. The van der Waals surface area contributed by atoms with Gasteiger partial charge < -0.3 is 14.6 Å². The molecule has 1 N–H and O–H groups in total. The number of halogens is 1. The summed E-state index contributed by atoms with van der Waals surface area (Å²) in [5.74, 6) is 5.24. The molecular weight excluding hydrogens is 235 g/mol. The van der Waals surface area contributed by atoms with Gasteiger partial charge in [-0.1, -0.05) is 11.8 Å². The maximum atomic E-state index is 13.4. The second-order valence-corrected chi connectivity index (χ2v) is 4.07. The summed E-state index contributed by atoms with van der Waals surface area (Å²) >= 11 is 0. The van der Waals surface area contributed by atoms with Crippen LogP contribution in [0.4, 0.5) is 4.39 Å². The van der Waals surface area contributed by atoms with Crippen molar-refractivity contribution in [3.8, 4) is 17.6 Å². The zero-order chi connectivity index (χ0) is 12.8. The topological polar surface area (TPSA) is 38.7 Å². The van der Waals surface area contributed by atoms with Crippen LogP contribution in [-0.2, 0) is 4.74 Å². The Balaban J connectivity index is 2.09. The zero-order valence-corrected chi connectivity index (χ0v) is 9.99. The lowest BCUT2D eigenvalue weighted by atomic mass is 10.1. The first-order valence-electron chi connectivity index (χ1n) is 5.92. The summed E-state index contributed by atoms with van der Waals surface area (Å²) in [6, 6.07) is 4.35. The van der Waals surface area contributed by atoms with Crippen molar-refractivity contribution in [3.05, 3.63) is 29.6 Å². The normalized spacial score (nSPS) is 15.9. The molecule has 4 heteroatoms. The molecule has 0 radical (unpaired) electrons. The van der Waals surface area contributed by atoms with Gasteiger partial charge in [0.1, 0.15) is 24.3 Å². The van der Waals surface area contributed by atoms with Crippen molar-refractivity contribution in [3.63, 3.8) is 0 Å². The van der Waals surface area contributed by atoms with Gasteiger partial charge in [-0.05, 0) is 12.1 Å². The second kappa shape index (κ2) is 6.39. The predicted molar refractivity (Wildman–Crippen MR) is 64.8 cm³/mol. The molecular formula is C14H15FO3. The van der Waals surface area contributed by atoms with Gasteiger partial charge in [0.2, 0.25) is 0 Å². The lowest BCUT2D eigenvalue weighted by molar-refractivity contribution is 0.0254. The molecule has 0 aliphatic carbocycles. The smallest absolute Gasteiger partial charge is 0.128 e. The first-order valence-corrected chi connectivity index (χ1v) is 5.92. The van der Waals surface area contributed by atoms with Crippen LogP contribution in [0.2, 0.25) is 0 Å². The van der Waals surface area contributed by atoms with Crippen molar-refractivity contribution < 1.29 is 19.0 Å². The predicted octanol–water partition coefficient (Wildman–Crippen LogP) is 1.73. The van der Waals surface area contributed by atoms with E-state index in [9.17, 15) is 4.39 Å². The summed E-state index contributed by atoms with van der Waals surface area (Å²) in [6.07, 6.45) is 1.70. The molecule has 1 aliphatic rings. The Morgan fingerprint density at radius 1 is 1.33 bits per heavy atom. The highest BCUT2D eigenvalue weighted by Crippen LogP contribution is 2.20. The fraction of sp³-hybridized carbons (Fsp3) is 0.429. The third kappa shape index (κ3) is 3.73. The van der Waals surface area contributed by atoms with Gasteiger partial charge in [-0.3, -0.25) is 0 Å². The van der Waals surface area contributed by atoms with Gasteiger partial charge in [-0.2, -0.15) is 0 Å². The molecule has 1 heterocycles. The molecule has 96 valence electrons. The molecule has 1 aromatic rings. The number of benzene rings is 1. The van der Waals surface area contributed by atoms with Crippen molar-refractivity contribution in [2.75, 3.05) is 19.8 Å². The molecule has 0 atom stereocenters. The van der Waals surface area contributed by atoms with E-state index in [2.05, 4.69) is 11.8 Å². The molecule has 0 spiro atoms. The van der Waals surface area contributed by atoms with Crippen molar-refractivity contribution in [1.82, 2.24) is 0 Å². The van der Waals surface area contributed by atoms with Crippen LogP contribution < -0.4 is 4.74 Å². The molecule has 1 fully saturated rings. The largest absolute Gasteiger partial charge is 0.490 e. The Morgan fingerprint density at radius 3 is 2.83 bits per heavy atom. The molecule has 3 nitrogen and oxygen atoms in total. The minimum absolute atomic E-state index is 0.0687. The number of aliphatic hydroxyl groups excluding tert-OH is 1. The molecule has 0 bridgehead atoms. The molecule has 2 rings (SSSR count). The van der Waals surface area contributed by atoms with E-state index in [0.29, 0.717) is 24.5 Å². The van der Waals surface area contributed by atoms with E-state index in [4.69, 9.17) is 14.6 Å². The highest BCUT2D eigenvalue weighted by Gasteiger charge is 2.15. The Morgan fingerprint density at radius 2 is 2.11 bits per heavy atom. The van der Waals surface area contributed by atoms with Crippen LogP contribution in [0.15, 0.2) is 18.2 Å². The van der Waals surface area contributed by atoms with Crippen LogP contribution in [0.3, 0.4) is 0 Å². The molecule has 1 aliphatic heterocycles. The number of ether oxygens (including phenoxy) is 2. The van der Waals surface area contributed by atoms with E-state index in [-0.39, 0.29) is 18.5 Å². The van der Waals surface area contributed by atoms with E-state index in [1.807, 2.05) is 0 Å². The van der Waals surface area contributed by atoms with E-state index < -0.39 is 0 Å². The van der Waals surface area contributed by atoms with Crippen molar-refractivity contribution in [1.29, 1.82) is 0 Å². The first-order chi connectivity index (χ1) is 8.78. The van der Waals surface area contributed by atoms with Crippen LogP contribution in [-0.4, -0.2) is 31.0 Å². The maximum Gasteiger partial charge on any atom is 0.128 e. The lowest BCUT2D eigenvalue weighted by Crippen LogP contribution is -2.25. The summed E-state index contributed by atoms with van der Waals surface area (Å²) in [7, 11) is 0. The number of rotatable bonds is 2. The first kappa shape index (κ1) is 12.9.